The van der Waals surface area contributed by atoms with Crippen molar-refractivity contribution in [2.24, 2.45) is 5.92 Å². The smallest absolute Gasteiger partial charge is 0.0710 e. The van der Waals surface area contributed by atoms with E-state index in [4.69, 9.17) is 0 Å². The summed E-state index contributed by atoms with van der Waals surface area (Å²) in [6.07, 6.45) is 5.23. The second kappa shape index (κ2) is 3.35. The van der Waals surface area contributed by atoms with Gasteiger partial charge in [0.25, 0.3) is 0 Å². The highest BCUT2D eigenvalue weighted by molar-refractivity contribution is 4.94. The molecule has 1 saturated carbocycles. The van der Waals surface area contributed by atoms with E-state index in [1.54, 1.807) is 0 Å². The van der Waals surface area contributed by atoms with E-state index in [0.717, 1.165) is 13.1 Å². The van der Waals surface area contributed by atoms with Crippen LogP contribution in [0.4, 0.5) is 0 Å². The van der Waals surface area contributed by atoms with Crippen LogP contribution >= 0.6 is 0 Å². The van der Waals surface area contributed by atoms with Gasteiger partial charge < -0.3 is 5.11 Å². The summed E-state index contributed by atoms with van der Waals surface area (Å²) in [5.41, 5.74) is 0. The molecule has 0 aromatic heterocycles. The van der Waals surface area contributed by atoms with Gasteiger partial charge in [0.15, 0.2) is 0 Å². The molecule has 0 amide bonds. The number of hydrogen-bond donors (Lipinski definition) is 1. The van der Waals surface area contributed by atoms with Crippen LogP contribution in [0.25, 0.3) is 0 Å². The van der Waals surface area contributed by atoms with E-state index < -0.39 is 0 Å². The van der Waals surface area contributed by atoms with E-state index >= 15 is 0 Å². The minimum absolute atomic E-state index is 0.0322. The van der Waals surface area contributed by atoms with Crippen molar-refractivity contribution in [2.45, 2.75) is 44.8 Å². The van der Waals surface area contributed by atoms with Gasteiger partial charge in [0, 0.05) is 18.5 Å². The van der Waals surface area contributed by atoms with Crippen molar-refractivity contribution >= 4 is 0 Å². The first kappa shape index (κ1) is 8.52. The lowest BCUT2D eigenvalue weighted by Crippen LogP contribution is -2.34. The number of aliphatic hydroxyl groups is 1. The van der Waals surface area contributed by atoms with Crippen molar-refractivity contribution in [2.75, 3.05) is 13.1 Å². The fourth-order valence-electron chi connectivity index (χ4n) is 2.92. The second-order valence-electron chi connectivity index (χ2n) is 4.17. The summed E-state index contributed by atoms with van der Waals surface area (Å²) in [5, 5.41) is 9.78. The van der Waals surface area contributed by atoms with Gasteiger partial charge in [-0.2, -0.15) is 0 Å². The third kappa shape index (κ3) is 1.27. The van der Waals surface area contributed by atoms with Crippen LogP contribution in [0.15, 0.2) is 0 Å². The Hall–Kier alpha value is -0.0800. The molecular formula is C10H19NO. The summed E-state index contributed by atoms with van der Waals surface area (Å²) < 4.78 is 0. The number of fused-ring (bicyclic) bond motifs is 1. The molecule has 3 unspecified atom stereocenters. The molecule has 2 nitrogen and oxygen atoms in total. The highest BCUT2D eigenvalue weighted by Gasteiger charge is 2.40. The molecule has 2 heteroatoms. The molecule has 0 spiro atoms. The lowest BCUT2D eigenvalue weighted by Gasteiger charge is -2.30. The summed E-state index contributed by atoms with van der Waals surface area (Å²) in [5.74, 6) is 0.596. The molecule has 1 heterocycles. The Balaban J connectivity index is 2.05. The third-order valence-corrected chi connectivity index (χ3v) is 3.57. The average molecular weight is 169 g/mol. The highest BCUT2D eigenvalue weighted by atomic mass is 16.3. The summed E-state index contributed by atoms with van der Waals surface area (Å²) in [7, 11) is 0. The molecule has 2 fully saturated rings. The van der Waals surface area contributed by atoms with Gasteiger partial charge in [-0.05, 0) is 19.4 Å². The van der Waals surface area contributed by atoms with Crippen LogP contribution in [0.3, 0.4) is 0 Å². The number of likely N-dealkylation sites (tertiary alicyclic amines) is 1. The first-order chi connectivity index (χ1) is 5.83. The van der Waals surface area contributed by atoms with Crippen LogP contribution in [-0.2, 0) is 0 Å². The van der Waals surface area contributed by atoms with Crippen molar-refractivity contribution in [1.82, 2.24) is 4.90 Å². The van der Waals surface area contributed by atoms with E-state index in [9.17, 15) is 5.11 Å². The molecule has 1 N–H and O–H groups in total. The summed E-state index contributed by atoms with van der Waals surface area (Å²) in [4.78, 5) is 2.45. The van der Waals surface area contributed by atoms with Gasteiger partial charge in [-0.15, -0.1) is 0 Å². The predicted octanol–water partition coefficient (Wildman–Crippen LogP) is 1.24. The third-order valence-electron chi connectivity index (χ3n) is 3.57. The number of β-amino-alcohol motifs (C(OH)–C–C–N with tert-alkyl or cyclic N) is 1. The molecule has 12 heavy (non-hydrogen) atoms. The van der Waals surface area contributed by atoms with Crippen molar-refractivity contribution in [3.63, 3.8) is 0 Å². The molecule has 70 valence electrons. The number of likely N-dealkylation sites (N-methyl/N-ethyl adjacent to an activating group) is 1. The second-order valence-corrected chi connectivity index (χ2v) is 4.17. The van der Waals surface area contributed by atoms with Gasteiger partial charge in [0.2, 0.25) is 0 Å². The van der Waals surface area contributed by atoms with E-state index in [2.05, 4.69) is 11.8 Å². The number of rotatable bonds is 1. The maximum Gasteiger partial charge on any atom is 0.0710 e. The summed E-state index contributed by atoms with van der Waals surface area (Å²) in [6.45, 7) is 4.23. The largest absolute Gasteiger partial charge is 0.391 e. The molecule has 3 atom stereocenters. The van der Waals surface area contributed by atoms with Crippen molar-refractivity contribution in [3.8, 4) is 0 Å². The summed E-state index contributed by atoms with van der Waals surface area (Å²) in [6, 6.07) is 0.707. The van der Waals surface area contributed by atoms with Gasteiger partial charge in [-0.3, -0.25) is 4.90 Å². The maximum absolute atomic E-state index is 9.78. The fraction of sp³-hybridized carbons (Fsp3) is 1.00. The Morgan fingerprint density at radius 3 is 2.83 bits per heavy atom. The molecule has 0 aromatic carbocycles. The number of nitrogens with zero attached hydrogens (tertiary/aromatic N) is 1. The Kier molecular flexibility index (Phi) is 2.37. The van der Waals surface area contributed by atoms with E-state index in [-0.39, 0.29) is 6.10 Å². The zero-order valence-corrected chi connectivity index (χ0v) is 7.87. The predicted molar refractivity (Wildman–Crippen MR) is 49.0 cm³/mol. The zero-order chi connectivity index (χ0) is 8.55. The first-order valence-electron chi connectivity index (χ1n) is 5.25. The van der Waals surface area contributed by atoms with Crippen LogP contribution in [0, 0.1) is 5.92 Å². The van der Waals surface area contributed by atoms with E-state index in [1.807, 2.05) is 0 Å². The van der Waals surface area contributed by atoms with Crippen LogP contribution in [0.2, 0.25) is 0 Å². The van der Waals surface area contributed by atoms with Crippen molar-refractivity contribution < 1.29 is 5.11 Å². The lowest BCUT2D eigenvalue weighted by atomic mass is 9.84. The Morgan fingerprint density at radius 2 is 2.08 bits per heavy atom. The molecule has 0 bridgehead atoms. The monoisotopic (exact) mass is 169 g/mol. The molecule has 0 radical (unpaired) electrons. The van der Waals surface area contributed by atoms with E-state index in [0.29, 0.717) is 12.0 Å². The molecule has 2 aliphatic rings. The Morgan fingerprint density at radius 1 is 1.33 bits per heavy atom. The topological polar surface area (TPSA) is 23.5 Å². The van der Waals surface area contributed by atoms with E-state index in [1.165, 1.54) is 25.7 Å². The van der Waals surface area contributed by atoms with Crippen LogP contribution in [0.1, 0.15) is 32.6 Å². The normalized spacial score (nSPS) is 43.0. The van der Waals surface area contributed by atoms with Crippen LogP contribution in [-0.4, -0.2) is 35.2 Å². The summed E-state index contributed by atoms with van der Waals surface area (Å²) >= 11 is 0. The van der Waals surface area contributed by atoms with Crippen LogP contribution in [0.5, 0.6) is 0 Å². The van der Waals surface area contributed by atoms with Crippen molar-refractivity contribution in [1.29, 1.82) is 0 Å². The molecule has 2 rings (SSSR count). The van der Waals surface area contributed by atoms with Gasteiger partial charge in [0.1, 0.15) is 0 Å². The molecule has 1 aliphatic heterocycles. The minimum Gasteiger partial charge on any atom is -0.391 e. The average Bonchev–Trinajstić information content (AvgIpc) is 2.44. The molecule has 1 aliphatic carbocycles. The minimum atomic E-state index is -0.0322. The zero-order valence-electron chi connectivity index (χ0n) is 7.87. The van der Waals surface area contributed by atoms with Crippen LogP contribution < -0.4 is 0 Å². The number of hydrogen-bond acceptors (Lipinski definition) is 2. The quantitative estimate of drug-likeness (QED) is 0.638. The highest BCUT2D eigenvalue weighted by Crippen LogP contribution is 2.35. The SMILES string of the molecule is CCN1CC(O)C2CCCCC21. The maximum atomic E-state index is 9.78. The Labute approximate surface area is 74.6 Å². The van der Waals surface area contributed by atoms with Gasteiger partial charge in [-0.1, -0.05) is 19.8 Å². The van der Waals surface area contributed by atoms with Gasteiger partial charge in [0.05, 0.1) is 6.10 Å². The van der Waals surface area contributed by atoms with Gasteiger partial charge in [-0.25, -0.2) is 0 Å². The Bertz CT molecular complexity index is 160. The van der Waals surface area contributed by atoms with Crippen molar-refractivity contribution in [3.05, 3.63) is 0 Å². The molecular weight excluding hydrogens is 150 g/mol. The standard InChI is InChI=1S/C10H19NO/c1-2-11-7-10(12)8-5-3-4-6-9(8)11/h8-10,12H,2-7H2,1H3. The molecule has 1 saturated heterocycles. The number of aliphatic hydroxyl groups excluding tert-OH is 1. The van der Waals surface area contributed by atoms with Gasteiger partial charge >= 0.3 is 0 Å². The molecule has 0 aromatic rings. The fourth-order valence-corrected chi connectivity index (χ4v) is 2.92. The first-order valence-corrected chi connectivity index (χ1v) is 5.25. The lowest BCUT2D eigenvalue weighted by molar-refractivity contribution is 0.119.